The Morgan fingerprint density at radius 1 is 1.48 bits per heavy atom. The van der Waals surface area contributed by atoms with Gasteiger partial charge in [-0.15, -0.1) is 12.4 Å². The van der Waals surface area contributed by atoms with Crippen molar-refractivity contribution in [3.05, 3.63) is 28.5 Å². The van der Waals surface area contributed by atoms with Gasteiger partial charge in [0.05, 0.1) is 10.6 Å². The highest BCUT2D eigenvalue weighted by molar-refractivity contribution is 9.10. The summed E-state index contributed by atoms with van der Waals surface area (Å²) in [5, 5.41) is 2.82. The van der Waals surface area contributed by atoms with Gasteiger partial charge in [0.15, 0.2) is 0 Å². The molecule has 3 N–H and O–H groups in total. The molecule has 0 radical (unpaired) electrons. The first-order valence-corrected chi connectivity index (χ1v) is 8.25. The first-order chi connectivity index (χ1) is 10.3. The van der Waals surface area contributed by atoms with Crippen LogP contribution in [0, 0.1) is 17.2 Å². The molecule has 1 heterocycles. The van der Waals surface area contributed by atoms with E-state index in [9.17, 15) is 9.18 Å². The molecule has 4 nitrogen and oxygen atoms in total. The summed E-state index contributed by atoms with van der Waals surface area (Å²) in [5.74, 6) is -0.576. The summed E-state index contributed by atoms with van der Waals surface area (Å²) in [6.45, 7) is 4.67. The number of anilines is 1. The van der Waals surface area contributed by atoms with Gasteiger partial charge in [-0.25, -0.2) is 4.39 Å². The Balaban J connectivity index is 0.00000192. The number of hydrogen-bond acceptors (Lipinski definition) is 3. The molecule has 1 aromatic rings. The minimum atomic E-state index is -0.973. The average molecular weight is 408 g/mol. The number of amides is 1. The zero-order valence-electron chi connectivity index (χ0n) is 13.1. The van der Waals surface area contributed by atoms with Crippen LogP contribution in [0.5, 0.6) is 0 Å². The SMILES string of the molecule is CC1(C)C2OCCCC2C1(N)C(=O)Nc1ccc(F)c(Br)c1.Cl. The fraction of sp³-hybridized carbons (Fsp3) is 0.562. The van der Waals surface area contributed by atoms with Gasteiger partial charge in [0.2, 0.25) is 5.91 Å². The van der Waals surface area contributed by atoms with Gasteiger partial charge in [-0.3, -0.25) is 4.79 Å². The topological polar surface area (TPSA) is 64.3 Å². The number of halogens is 3. The van der Waals surface area contributed by atoms with Crippen molar-refractivity contribution in [2.75, 3.05) is 11.9 Å². The largest absolute Gasteiger partial charge is 0.377 e. The molecule has 0 spiro atoms. The molecular formula is C16H21BrClFN2O2. The van der Waals surface area contributed by atoms with E-state index in [2.05, 4.69) is 21.2 Å². The van der Waals surface area contributed by atoms with Crippen LogP contribution in [0.2, 0.25) is 0 Å². The number of rotatable bonds is 2. The molecule has 0 bridgehead atoms. The maximum absolute atomic E-state index is 13.3. The Bertz CT molecular complexity index is 628. The third-order valence-corrected chi connectivity index (χ3v) is 5.85. The highest BCUT2D eigenvalue weighted by atomic mass is 79.9. The van der Waals surface area contributed by atoms with Crippen LogP contribution in [0.1, 0.15) is 26.7 Å². The van der Waals surface area contributed by atoms with Crippen molar-refractivity contribution in [2.24, 2.45) is 17.1 Å². The van der Waals surface area contributed by atoms with Crippen LogP contribution < -0.4 is 11.1 Å². The normalized spacial score (nSPS) is 31.3. The zero-order valence-corrected chi connectivity index (χ0v) is 15.5. The lowest BCUT2D eigenvalue weighted by molar-refractivity contribution is -0.222. The van der Waals surface area contributed by atoms with Crippen molar-refractivity contribution in [3.8, 4) is 0 Å². The Kier molecular flexibility index (Phi) is 5.12. The maximum atomic E-state index is 13.3. The van der Waals surface area contributed by atoms with Gasteiger partial charge in [0, 0.05) is 23.6 Å². The molecule has 3 rings (SSSR count). The molecule has 1 aliphatic carbocycles. The highest BCUT2D eigenvalue weighted by Gasteiger charge is 2.70. The Morgan fingerprint density at radius 2 is 2.17 bits per heavy atom. The van der Waals surface area contributed by atoms with Crippen LogP contribution in [0.3, 0.4) is 0 Å². The third kappa shape index (κ3) is 2.69. The molecule has 1 saturated heterocycles. The Morgan fingerprint density at radius 3 is 2.83 bits per heavy atom. The molecule has 0 aromatic heterocycles. The quantitative estimate of drug-likeness (QED) is 0.789. The second kappa shape index (κ2) is 6.31. The van der Waals surface area contributed by atoms with Crippen molar-refractivity contribution < 1.29 is 13.9 Å². The number of carbonyl (C=O) groups is 1. The summed E-state index contributed by atoms with van der Waals surface area (Å²) in [6.07, 6.45) is 1.84. The number of nitrogens with one attached hydrogen (secondary N) is 1. The highest BCUT2D eigenvalue weighted by Crippen LogP contribution is 2.57. The molecule has 2 fully saturated rings. The summed E-state index contributed by atoms with van der Waals surface area (Å²) in [7, 11) is 0. The second-order valence-electron chi connectivity index (χ2n) is 6.71. The number of nitrogens with two attached hydrogens (primary N) is 1. The predicted molar refractivity (Wildman–Crippen MR) is 93.1 cm³/mol. The molecule has 3 atom stereocenters. The molecule has 23 heavy (non-hydrogen) atoms. The lowest BCUT2D eigenvalue weighted by Gasteiger charge is -2.65. The van der Waals surface area contributed by atoms with E-state index in [0.29, 0.717) is 10.2 Å². The van der Waals surface area contributed by atoms with Crippen LogP contribution in [0.25, 0.3) is 0 Å². The summed E-state index contributed by atoms with van der Waals surface area (Å²) in [4.78, 5) is 12.8. The molecule has 128 valence electrons. The molecule has 1 saturated carbocycles. The number of carbonyl (C=O) groups excluding carboxylic acids is 1. The lowest BCUT2D eigenvalue weighted by Crippen LogP contribution is -2.81. The molecule has 7 heteroatoms. The van der Waals surface area contributed by atoms with E-state index in [4.69, 9.17) is 10.5 Å². The summed E-state index contributed by atoms with van der Waals surface area (Å²) in [6, 6.07) is 4.38. The standard InChI is InChI=1S/C16H20BrFN2O2.ClH/c1-15(2)13-10(4-3-7-22-13)16(15,19)14(21)20-9-5-6-12(18)11(17)8-9;/h5-6,8,10,13H,3-4,7,19H2,1-2H3,(H,20,21);1H. The van der Waals surface area contributed by atoms with Gasteiger partial charge in [-0.1, -0.05) is 13.8 Å². The molecule has 1 aromatic carbocycles. The maximum Gasteiger partial charge on any atom is 0.245 e. The van der Waals surface area contributed by atoms with Crippen molar-refractivity contribution in [1.29, 1.82) is 0 Å². The summed E-state index contributed by atoms with van der Waals surface area (Å²) >= 11 is 3.12. The summed E-state index contributed by atoms with van der Waals surface area (Å²) in [5.41, 5.74) is 5.64. The first kappa shape index (κ1) is 18.6. The van der Waals surface area contributed by atoms with E-state index in [1.807, 2.05) is 13.8 Å². The summed E-state index contributed by atoms with van der Waals surface area (Å²) < 4.78 is 19.4. The molecule has 2 aliphatic rings. The smallest absolute Gasteiger partial charge is 0.245 e. The Labute approximate surface area is 149 Å². The minimum Gasteiger partial charge on any atom is -0.377 e. The predicted octanol–water partition coefficient (Wildman–Crippen LogP) is 3.48. The van der Waals surface area contributed by atoms with Crippen molar-refractivity contribution in [2.45, 2.75) is 38.3 Å². The van der Waals surface area contributed by atoms with E-state index >= 15 is 0 Å². The van der Waals surface area contributed by atoms with E-state index in [1.54, 1.807) is 0 Å². The van der Waals surface area contributed by atoms with Gasteiger partial charge in [-0.05, 0) is 47.0 Å². The van der Waals surface area contributed by atoms with Crippen molar-refractivity contribution in [1.82, 2.24) is 0 Å². The van der Waals surface area contributed by atoms with Gasteiger partial charge >= 0.3 is 0 Å². The fourth-order valence-corrected chi connectivity index (χ4v) is 4.22. The number of benzene rings is 1. The van der Waals surface area contributed by atoms with Gasteiger partial charge in [-0.2, -0.15) is 0 Å². The van der Waals surface area contributed by atoms with Crippen LogP contribution in [-0.2, 0) is 9.53 Å². The van der Waals surface area contributed by atoms with Gasteiger partial charge in [0.1, 0.15) is 11.4 Å². The van der Waals surface area contributed by atoms with Crippen LogP contribution in [0.15, 0.2) is 22.7 Å². The molecule has 3 unspecified atom stereocenters. The molecule has 1 aliphatic heterocycles. The average Bonchev–Trinajstić information content (AvgIpc) is 2.50. The van der Waals surface area contributed by atoms with Gasteiger partial charge in [0.25, 0.3) is 0 Å². The second-order valence-corrected chi connectivity index (χ2v) is 7.57. The van der Waals surface area contributed by atoms with E-state index in [-0.39, 0.29) is 36.2 Å². The van der Waals surface area contributed by atoms with Crippen molar-refractivity contribution in [3.63, 3.8) is 0 Å². The zero-order chi connectivity index (χ0) is 16.1. The third-order valence-electron chi connectivity index (χ3n) is 5.24. The molecular weight excluding hydrogens is 387 g/mol. The Hall–Kier alpha value is -0.690. The lowest BCUT2D eigenvalue weighted by atomic mass is 9.46. The number of fused-ring (bicyclic) bond motifs is 1. The first-order valence-electron chi connectivity index (χ1n) is 7.45. The number of hydrogen-bond donors (Lipinski definition) is 2. The van der Waals surface area contributed by atoms with Crippen molar-refractivity contribution >= 4 is 39.9 Å². The van der Waals surface area contributed by atoms with Crippen LogP contribution in [0.4, 0.5) is 10.1 Å². The van der Waals surface area contributed by atoms with Crippen LogP contribution >= 0.6 is 28.3 Å². The molecule has 1 amide bonds. The van der Waals surface area contributed by atoms with Gasteiger partial charge < -0.3 is 15.8 Å². The fourth-order valence-electron chi connectivity index (χ4n) is 3.85. The monoisotopic (exact) mass is 406 g/mol. The minimum absolute atomic E-state index is 0. The van der Waals surface area contributed by atoms with E-state index in [1.165, 1.54) is 18.2 Å². The number of ether oxygens (including phenoxy) is 1. The van der Waals surface area contributed by atoms with Crippen LogP contribution in [-0.4, -0.2) is 24.2 Å². The van der Waals surface area contributed by atoms with E-state index < -0.39 is 11.0 Å². The van der Waals surface area contributed by atoms with E-state index in [0.717, 1.165) is 19.4 Å².